The van der Waals surface area contributed by atoms with Crippen LogP contribution < -0.4 is 15.4 Å². The van der Waals surface area contributed by atoms with Crippen molar-refractivity contribution in [2.75, 3.05) is 26.3 Å². The fraction of sp³-hybridized carbons (Fsp3) is 0.500. The van der Waals surface area contributed by atoms with E-state index in [4.69, 9.17) is 21.1 Å². The zero-order chi connectivity index (χ0) is 14.4. The van der Waals surface area contributed by atoms with E-state index in [1.54, 1.807) is 24.3 Å². The maximum Gasteiger partial charge on any atom is 0.239 e. The first-order valence-electron chi connectivity index (χ1n) is 6.66. The number of benzene rings is 1. The van der Waals surface area contributed by atoms with Gasteiger partial charge in [-0.25, -0.2) is 0 Å². The largest absolute Gasteiger partial charge is 0.489 e. The van der Waals surface area contributed by atoms with E-state index in [1.165, 1.54) is 0 Å². The van der Waals surface area contributed by atoms with Crippen LogP contribution in [0.2, 0.25) is 5.02 Å². The van der Waals surface area contributed by atoms with Gasteiger partial charge in [-0.2, -0.15) is 0 Å². The predicted molar refractivity (Wildman–Crippen MR) is 84.4 cm³/mol. The van der Waals surface area contributed by atoms with Gasteiger partial charge in [-0.3, -0.25) is 4.79 Å². The first-order valence-corrected chi connectivity index (χ1v) is 7.04. The summed E-state index contributed by atoms with van der Waals surface area (Å²) in [6, 6.07) is 6.87. The molecule has 1 heterocycles. The zero-order valence-corrected chi connectivity index (χ0v) is 13.4. The van der Waals surface area contributed by atoms with Gasteiger partial charge in [-0.15, -0.1) is 12.4 Å². The second-order valence-corrected chi connectivity index (χ2v) is 5.15. The molecular formula is C14H20Cl2N2O3. The minimum Gasteiger partial charge on any atom is -0.489 e. The van der Waals surface area contributed by atoms with Crippen LogP contribution in [-0.2, 0) is 9.53 Å². The Morgan fingerprint density at radius 2 is 2.24 bits per heavy atom. The molecule has 0 spiro atoms. The van der Waals surface area contributed by atoms with E-state index in [9.17, 15) is 4.79 Å². The minimum atomic E-state index is -0.272. The number of carbonyl (C=O) groups excluding carboxylic acids is 1. The molecule has 21 heavy (non-hydrogen) atoms. The molecule has 1 aliphatic heterocycles. The Bertz CT molecular complexity index is 436. The second kappa shape index (κ2) is 9.10. The number of amides is 1. The standard InChI is InChI=1S/C14H19ClN2O3.ClH/c1-10(20-12-4-2-11(15)3-5-12)8-17-14(18)13-9-19-7-6-16-13;/h2-5,10,13,16H,6-9H2,1H3,(H,17,18);1H. The van der Waals surface area contributed by atoms with Gasteiger partial charge in [0, 0.05) is 11.6 Å². The van der Waals surface area contributed by atoms with Gasteiger partial charge in [0.1, 0.15) is 17.9 Å². The van der Waals surface area contributed by atoms with Gasteiger partial charge in [0.2, 0.25) is 5.91 Å². The van der Waals surface area contributed by atoms with Gasteiger partial charge in [-0.1, -0.05) is 11.6 Å². The number of carbonyl (C=O) groups is 1. The summed E-state index contributed by atoms with van der Waals surface area (Å²) in [5.74, 6) is 0.673. The molecule has 0 bridgehead atoms. The van der Waals surface area contributed by atoms with Crippen LogP contribution in [0.1, 0.15) is 6.92 Å². The molecule has 0 aromatic heterocycles. The maximum absolute atomic E-state index is 11.9. The van der Waals surface area contributed by atoms with Gasteiger partial charge >= 0.3 is 0 Å². The highest BCUT2D eigenvalue weighted by atomic mass is 35.5. The molecular weight excluding hydrogens is 315 g/mol. The Labute approximate surface area is 135 Å². The quantitative estimate of drug-likeness (QED) is 0.859. The lowest BCUT2D eigenvalue weighted by molar-refractivity contribution is -0.126. The van der Waals surface area contributed by atoms with Crippen LogP contribution in [0.5, 0.6) is 5.75 Å². The fourth-order valence-electron chi connectivity index (χ4n) is 1.89. The Morgan fingerprint density at radius 1 is 1.52 bits per heavy atom. The van der Waals surface area contributed by atoms with Crippen LogP contribution in [0, 0.1) is 0 Å². The molecule has 2 unspecified atom stereocenters. The third-order valence-corrected chi connectivity index (χ3v) is 3.20. The second-order valence-electron chi connectivity index (χ2n) is 4.71. The van der Waals surface area contributed by atoms with E-state index in [1.807, 2.05) is 6.92 Å². The van der Waals surface area contributed by atoms with E-state index in [-0.39, 0.29) is 30.5 Å². The first kappa shape index (κ1) is 18.0. The molecule has 1 amide bonds. The van der Waals surface area contributed by atoms with Crippen LogP contribution in [0.25, 0.3) is 0 Å². The maximum atomic E-state index is 11.9. The molecule has 2 atom stereocenters. The monoisotopic (exact) mass is 334 g/mol. The molecule has 0 aliphatic carbocycles. The number of nitrogens with one attached hydrogen (secondary N) is 2. The molecule has 7 heteroatoms. The van der Waals surface area contributed by atoms with Crippen molar-refractivity contribution >= 4 is 29.9 Å². The van der Waals surface area contributed by atoms with Crippen LogP contribution in [0.4, 0.5) is 0 Å². The highest BCUT2D eigenvalue weighted by Crippen LogP contribution is 2.16. The molecule has 1 aliphatic rings. The third-order valence-electron chi connectivity index (χ3n) is 2.95. The molecule has 2 N–H and O–H groups in total. The highest BCUT2D eigenvalue weighted by Gasteiger charge is 2.21. The lowest BCUT2D eigenvalue weighted by Gasteiger charge is -2.24. The lowest BCUT2D eigenvalue weighted by atomic mass is 10.2. The summed E-state index contributed by atoms with van der Waals surface area (Å²) in [6.07, 6.45) is -0.121. The van der Waals surface area contributed by atoms with E-state index < -0.39 is 0 Å². The van der Waals surface area contributed by atoms with Crippen LogP contribution in [0.15, 0.2) is 24.3 Å². The third kappa shape index (κ3) is 6.09. The summed E-state index contributed by atoms with van der Waals surface area (Å²) < 4.78 is 10.9. The van der Waals surface area contributed by atoms with Crippen molar-refractivity contribution in [1.29, 1.82) is 0 Å². The van der Waals surface area contributed by atoms with Crippen molar-refractivity contribution in [1.82, 2.24) is 10.6 Å². The molecule has 1 aromatic carbocycles. The number of ether oxygens (including phenoxy) is 2. The average molecular weight is 335 g/mol. The summed E-state index contributed by atoms with van der Waals surface area (Å²) in [5.41, 5.74) is 0. The Morgan fingerprint density at radius 3 is 2.86 bits per heavy atom. The van der Waals surface area contributed by atoms with Crippen molar-refractivity contribution in [3.05, 3.63) is 29.3 Å². The predicted octanol–water partition coefficient (Wildman–Crippen LogP) is 1.63. The molecule has 1 aromatic rings. The van der Waals surface area contributed by atoms with Crippen molar-refractivity contribution in [3.63, 3.8) is 0 Å². The lowest BCUT2D eigenvalue weighted by Crippen LogP contribution is -2.52. The van der Waals surface area contributed by atoms with Gasteiger partial charge in [-0.05, 0) is 31.2 Å². The van der Waals surface area contributed by atoms with Crippen LogP contribution >= 0.6 is 24.0 Å². The molecule has 0 radical (unpaired) electrons. The van der Waals surface area contributed by atoms with Crippen molar-refractivity contribution in [2.45, 2.75) is 19.1 Å². The smallest absolute Gasteiger partial charge is 0.239 e. The van der Waals surface area contributed by atoms with Crippen LogP contribution in [0.3, 0.4) is 0 Å². The normalized spacial score (nSPS) is 19.2. The molecule has 1 saturated heterocycles. The summed E-state index contributed by atoms with van der Waals surface area (Å²) in [5, 5.41) is 6.63. The highest BCUT2D eigenvalue weighted by molar-refractivity contribution is 6.30. The van der Waals surface area contributed by atoms with Gasteiger partial charge in [0.25, 0.3) is 0 Å². The summed E-state index contributed by atoms with van der Waals surface area (Å²) in [4.78, 5) is 11.9. The Balaban J connectivity index is 0.00000220. The van der Waals surface area contributed by atoms with E-state index in [0.29, 0.717) is 31.3 Å². The summed E-state index contributed by atoms with van der Waals surface area (Å²) in [6.45, 7) is 4.12. The van der Waals surface area contributed by atoms with E-state index >= 15 is 0 Å². The topological polar surface area (TPSA) is 59.6 Å². The fourth-order valence-corrected chi connectivity index (χ4v) is 2.01. The van der Waals surface area contributed by atoms with Crippen molar-refractivity contribution < 1.29 is 14.3 Å². The van der Waals surface area contributed by atoms with Crippen LogP contribution in [-0.4, -0.2) is 44.4 Å². The van der Waals surface area contributed by atoms with Gasteiger partial charge in [0.15, 0.2) is 0 Å². The first-order chi connectivity index (χ1) is 9.65. The van der Waals surface area contributed by atoms with Crippen molar-refractivity contribution in [3.8, 4) is 5.75 Å². The molecule has 0 saturated carbocycles. The van der Waals surface area contributed by atoms with E-state index in [2.05, 4.69) is 10.6 Å². The molecule has 5 nitrogen and oxygen atoms in total. The van der Waals surface area contributed by atoms with E-state index in [0.717, 1.165) is 5.75 Å². The van der Waals surface area contributed by atoms with Crippen molar-refractivity contribution in [2.24, 2.45) is 0 Å². The number of hydrogen-bond acceptors (Lipinski definition) is 4. The number of halogens is 2. The zero-order valence-electron chi connectivity index (χ0n) is 11.8. The molecule has 118 valence electrons. The van der Waals surface area contributed by atoms with Gasteiger partial charge < -0.3 is 20.1 Å². The average Bonchev–Trinajstić information content (AvgIpc) is 2.48. The summed E-state index contributed by atoms with van der Waals surface area (Å²) >= 11 is 5.81. The number of hydrogen-bond donors (Lipinski definition) is 2. The number of rotatable bonds is 5. The van der Waals surface area contributed by atoms with Gasteiger partial charge in [0.05, 0.1) is 19.8 Å². The molecule has 1 fully saturated rings. The number of morpholine rings is 1. The molecule has 2 rings (SSSR count). The Hall–Kier alpha value is -1.01. The Kier molecular flexibility index (Phi) is 7.82. The summed E-state index contributed by atoms with van der Waals surface area (Å²) in [7, 11) is 0. The minimum absolute atomic E-state index is 0. The SMILES string of the molecule is CC(CNC(=O)C1COCCN1)Oc1ccc(Cl)cc1.Cl.